The lowest BCUT2D eigenvalue weighted by Gasteiger charge is -2.22. The van der Waals surface area contributed by atoms with Crippen molar-refractivity contribution in [2.24, 2.45) is 0 Å². The van der Waals surface area contributed by atoms with Gasteiger partial charge in [0.05, 0.1) is 6.10 Å². The minimum Gasteiger partial charge on any atom is -0.388 e. The van der Waals surface area contributed by atoms with E-state index >= 15 is 0 Å². The second kappa shape index (κ2) is 8.66. The van der Waals surface area contributed by atoms with Gasteiger partial charge in [-0.05, 0) is 49.6 Å². The highest BCUT2D eigenvalue weighted by molar-refractivity contribution is 5.23. The maximum absolute atomic E-state index is 10.3. The van der Waals surface area contributed by atoms with Crippen LogP contribution in [0.4, 0.5) is 0 Å². The molecule has 2 aromatic rings. The summed E-state index contributed by atoms with van der Waals surface area (Å²) < 4.78 is 0. The topological polar surface area (TPSA) is 36.4 Å². The number of hydrogen-bond donors (Lipinski definition) is 1. The van der Waals surface area contributed by atoms with Crippen LogP contribution in [0, 0.1) is 6.92 Å². The quantitative estimate of drug-likeness (QED) is 0.811. The highest BCUT2D eigenvalue weighted by Gasteiger charge is 2.10. The molecule has 1 aromatic heterocycles. The molecule has 2 rings (SSSR count). The third-order valence-corrected chi connectivity index (χ3v) is 4.09. The number of likely N-dealkylation sites (N-methyl/N-ethyl adjacent to an activating group) is 1. The van der Waals surface area contributed by atoms with Crippen LogP contribution in [0.1, 0.15) is 36.1 Å². The molecule has 0 aliphatic rings. The molecule has 0 aliphatic heterocycles. The SMILES string of the molecule is CCN(CCc1ccncc1)CCC(O)c1ccc(C)cc1. The molecule has 0 bridgehead atoms. The lowest BCUT2D eigenvalue weighted by molar-refractivity contribution is 0.144. The molecular formula is C19H26N2O. The average Bonchev–Trinajstić information content (AvgIpc) is 2.56. The van der Waals surface area contributed by atoms with Gasteiger partial charge in [0.15, 0.2) is 0 Å². The van der Waals surface area contributed by atoms with Crippen molar-refractivity contribution < 1.29 is 5.11 Å². The second-order valence-electron chi connectivity index (χ2n) is 5.75. The Morgan fingerprint density at radius 3 is 2.36 bits per heavy atom. The zero-order chi connectivity index (χ0) is 15.8. The number of aliphatic hydroxyl groups excluding tert-OH is 1. The first-order valence-corrected chi connectivity index (χ1v) is 8.05. The maximum Gasteiger partial charge on any atom is 0.0802 e. The van der Waals surface area contributed by atoms with Crippen molar-refractivity contribution >= 4 is 0 Å². The van der Waals surface area contributed by atoms with Gasteiger partial charge in [0.1, 0.15) is 0 Å². The Labute approximate surface area is 133 Å². The second-order valence-corrected chi connectivity index (χ2v) is 5.75. The molecule has 3 heteroatoms. The number of aryl methyl sites for hydroxylation is 1. The van der Waals surface area contributed by atoms with Gasteiger partial charge in [0, 0.05) is 25.5 Å². The van der Waals surface area contributed by atoms with Crippen molar-refractivity contribution in [3.05, 3.63) is 65.5 Å². The van der Waals surface area contributed by atoms with Crippen LogP contribution in [0.5, 0.6) is 0 Å². The van der Waals surface area contributed by atoms with Crippen LogP contribution in [0.2, 0.25) is 0 Å². The Morgan fingerprint density at radius 1 is 1.05 bits per heavy atom. The first kappa shape index (κ1) is 16.7. The number of nitrogens with zero attached hydrogens (tertiary/aromatic N) is 2. The van der Waals surface area contributed by atoms with E-state index in [1.54, 1.807) is 0 Å². The molecule has 1 N–H and O–H groups in total. The van der Waals surface area contributed by atoms with Gasteiger partial charge in [-0.15, -0.1) is 0 Å². The summed E-state index contributed by atoms with van der Waals surface area (Å²) in [5, 5.41) is 10.3. The predicted molar refractivity (Wildman–Crippen MR) is 90.8 cm³/mol. The third-order valence-electron chi connectivity index (χ3n) is 4.09. The van der Waals surface area contributed by atoms with Crippen LogP contribution in [-0.4, -0.2) is 34.6 Å². The molecule has 3 nitrogen and oxygen atoms in total. The number of pyridine rings is 1. The third kappa shape index (κ3) is 5.24. The van der Waals surface area contributed by atoms with E-state index in [1.807, 2.05) is 24.5 Å². The van der Waals surface area contributed by atoms with Gasteiger partial charge in [-0.25, -0.2) is 0 Å². The van der Waals surface area contributed by atoms with Crippen LogP contribution >= 0.6 is 0 Å². The lowest BCUT2D eigenvalue weighted by atomic mass is 10.0. The number of benzene rings is 1. The van der Waals surface area contributed by atoms with E-state index in [0.717, 1.165) is 38.0 Å². The number of aliphatic hydroxyl groups is 1. The summed E-state index contributed by atoms with van der Waals surface area (Å²) in [6, 6.07) is 12.3. The van der Waals surface area contributed by atoms with Gasteiger partial charge in [0.2, 0.25) is 0 Å². The van der Waals surface area contributed by atoms with E-state index in [4.69, 9.17) is 0 Å². The predicted octanol–water partition coefficient (Wildman–Crippen LogP) is 3.38. The molecule has 1 unspecified atom stereocenters. The molecule has 118 valence electrons. The van der Waals surface area contributed by atoms with Gasteiger partial charge in [-0.1, -0.05) is 36.8 Å². The zero-order valence-electron chi connectivity index (χ0n) is 13.6. The van der Waals surface area contributed by atoms with Crippen molar-refractivity contribution in [2.45, 2.75) is 32.8 Å². The lowest BCUT2D eigenvalue weighted by Crippen LogP contribution is -2.28. The molecule has 0 amide bonds. The Bertz CT molecular complexity index is 539. The monoisotopic (exact) mass is 298 g/mol. The summed E-state index contributed by atoms with van der Waals surface area (Å²) in [5.74, 6) is 0. The van der Waals surface area contributed by atoms with E-state index in [-0.39, 0.29) is 6.10 Å². The molecule has 1 atom stereocenters. The summed E-state index contributed by atoms with van der Waals surface area (Å²) in [4.78, 5) is 6.43. The van der Waals surface area contributed by atoms with Crippen molar-refractivity contribution in [3.63, 3.8) is 0 Å². The van der Waals surface area contributed by atoms with E-state index < -0.39 is 0 Å². The van der Waals surface area contributed by atoms with Crippen LogP contribution in [0.3, 0.4) is 0 Å². The fourth-order valence-electron chi connectivity index (χ4n) is 2.52. The normalized spacial score (nSPS) is 12.5. The van der Waals surface area contributed by atoms with Crippen LogP contribution in [0.25, 0.3) is 0 Å². The molecular weight excluding hydrogens is 272 g/mol. The molecule has 0 fully saturated rings. The maximum atomic E-state index is 10.3. The smallest absolute Gasteiger partial charge is 0.0802 e. The minimum atomic E-state index is -0.379. The van der Waals surface area contributed by atoms with Gasteiger partial charge in [-0.3, -0.25) is 4.98 Å². The molecule has 0 radical (unpaired) electrons. The zero-order valence-corrected chi connectivity index (χ0v) is 13.6. The van der Waals surface area contributed by atoms with Crippen molar-refractivity contribution in [2.75, 3.05) is 19.6 Å². The summed E-state index contributed by atoms with van der Waals surface area (Å²) in [6.45, 7) is 7.17. The van der Waals surface area contributed by atoms with E-state index in [0.29, 0.717) is 0 Å². The Morgan fingerprint density at radius 2 is 1.73 bits per heavy atom. The highest BCUT2D eigenvalue weighted by Crippen LogP contribution is 2.17. The first-order valence-electron chi connectivity index (χ1n) is 8.05. The highest BCUT2D eigenvalue weighted by atomic mass is 16.3. The van der Waals surface area contributed by atoms with Crippen LogP contribution < -0.4 is 0 Å². The fraction of sp³-hybridized carbons (Fsp3) is 0.421. The summed E-state index contributed by atoms with van der Waals surface area (Å²) in [6.07, 6.45) is 5.10. The number of rotatable bonds is 8. The van der Waals surface area contributed by atoms with Crippen molar-refractivity contribution in [3.8, 4) is 0 Å². The molecule has 0 saturated heterocycles. The summed E-state index contributed by atoms with van der Waals surface area (Å²) in [7, 11) is 0. The molecule has 1 aromatic carbocycles. The van der Waals surface area contributed by atoms with E-state index in [9.17, 15) is 5.11 Å². The summed E-state index contributed by atoms with van der Waals surface area (Å²) in [5.41, 5.74) is 3.55. The van der Waals surface area contributed by atoms with Crippen molar-refractivity contribution in [1.29, 1.82) is 0 Å². The standard InChI is InChI=1S/C19H26N2O/c1-3-21(14-10-17-8-12-20-13-9-17)15-11-19(22)18-6-4-16(2)5-7-18/h4-9,12-13,19,22H,3,10-11,14-15H2,1-2H3. The Kier molecular flexibility index (Phi) is 6.56. The van der Waals surface area contributed by atoms with Gasteiger partial charge in [0.25, 0.3) is 0 Å². The van der Waals surface area contributed by atoms with E-state index in [1.165, 1.54) is 11.1 Å². The van der Waals surface area contributed by atoms with Crippen molar-refractivity contribution in [1.82, 2.24) is 9.88 Å². The summed E-state index contributed by atoms with van der Waals surface area (Å²) >= 11 is 0. The average molecular weight is 298 g/mol. The Balaban J connectivity index is 1.79. The van der Waals surface area contributed by atoms with Crippen LogP contribution in [-0.2, 0) is 6.42 Å². The first-order chi connectivity index (χ1) is 10.7. The van der Waals surface area contributed by atoms with E-state index in [2.05, 4.69) is 48.0 Å². The fourth-order valence-corrected chi connectivity index (χ4v) is 2.52. The van der Waals surface area contributed by atoms with Gasteiger partial charge < -0.3 is 10.0 Å². The van der Waals surface area contributed by atoms with Gasteiger partial charge >= 0.3 is 0 Å². The molecule has 0 spiro atoms. The van der Waals surface area contributed by atoms with Gasteiger partial charge in [-0.2, -0.15) is 0 Å². The molecule has 22 heavy (non-hydrogen) atoms. The minimum absolute atomic E-state index is 0.379. The number of hydrogen-bond acceptors (Lipinski definition) is 3. The number of aromatic nitrogens is 1. The largest absolute Gasteiger partial charge is 0.388 e. The molecule has 1 heterocycles. The van der Waals surface area contributed by atoms with Crippen LogP contribution in [0.15, 0.2) is 48.8 Å². The molecule has 0 saturated carbocycles. The molecule has 0 aliphatic carbocycles. The Hall–Kier alpha value is -1.71.